The molecule has 2 atom stereocenters. The summed E-state index contributed by atoms with van der Waals surface area (Å²) in [5.41, 5.74) is 5.55. The third-order valence-electron chi connectivity index (χ3n) is 3.02. The molecule has 1 aliphatic heterocycles. The Hall–Kier alpha value is -1.66. The smallest absolute Gasteiger partial charge is 0.260 e. The molecular formula is C12H17N3O3. The number of morpholine rings is 1. The zero-order valence-electron chi connectivity index (χ0n) is 10.3. The lowest BCUT2D eigenvalue weighted by molar-refractivity contribution is -0.0300. The molecule has 0 aromatic carbocycles. The van der Waals surface area contributed by atoms with Crippen LogP contribution in [0.4, 0.5) is 0 Å². The highest BCUT2D eigenvalue weighted by molar-refractivity contribution is 5.93. The fraction of sp³-hybridized carbons (Fsp3) is 0.500. The first kappa shape index (κ1) is 12.8. The lowest BCUT2D eigenvalue weighted by atomic mass is 10.1. The molecule has 1 saturated heterocycles. The molecule has 3 N–H and O–H groups in total. The van der Waals surface area contributed by atoms with Crippen LogP contribution in [-0.4, -0.2) is 47.6 Å². The highest BCUT2D eigenvalue weighted by Crippen LogP contribution is 2.10. The van der Waals surface area contributed by atoms with E-state index in [0.717, 1.165) is 0 Å². The molecule has 1 aromatic heterocycles. The molecule has 1 fully saturated rings. The molecule has 0 radical (unpaired) electrons. The Morgan fingerprint density at radius 3 is 3.11 bits per heavy atom. The lowest BCUT2D eigenvalue weighted by Gasteiger charge is -2.34. The summed E-state index contributed by atoms with van der Waals surface area (Å²) in [6.45, 7) is 3.19. The van der Waals surface area contributed by atoms with Gasteiger partial charge >= 0.3 is 0 Å². The molecule has 6 nitrogen and oxygen atoms in total. The van der Waals surface area contributed by atoms with E-state index in [2.05, 4.69) is 4.98 Å². The Morgan fingerprint density at radius 2 is 2.44 bits per heavy atom. The largest absolute Gasteiger partial charge is 0.373 e. The van der Waals surface area contributed by atoms with E-state index in [1.807, 2.05) is 6.92 Å². The summed E-state index contributed by atoms with van der Waals surface area (Å²) in [4.78, 5) is 27.9. The Labute approximate surface area is 105 Å². The summed E-state index contributed by atoms with van der Waals surface area (Å²) in [6, 6.07) is 3.02. The number of hydrogen-bond donors (Lipinski definition) is 2. The standard InChI is InChI=1S/C12H17N3O3/c1-8(13)10-7-15(5-6-18-10)12(17)9-3-2-4-14-11(9)16/h2-4,8,10H,5-7,13H2,1H3,(H,14,16). The van der Waals surface area contributed by atoms with Crippen molar-refractivity contribution in [3.05, 3.63) is 34.2 Å². The number of nitrogens with zero attached hydrogens (tertiary/aromatic N) is 1. The van der Waals surface area contributed by atoms with Crippen molar-refractivity contribution < 1.29 is 9.53 Å². The van der Waals surface area contributed by atoms with Crippen molar-refractivity contribution in [1.29, 1.82) is 0 Å². The van der Waals surface area contributed by atoms with E-state index in [0.29, 0.717) is 19.7 Å². The van der Waals surface area contributed by atoms with Gasteiger partial charge in [0, 0.05) is 25.3 Å². The Balaban J connectivity index is 2.14. The Morgan fingerprint density at radius 1 is 1.67 bits per heavy atom. The minimum atomic E-state index is -0.369. The SMILES string of the molecule is CC(N)C1CN(C(=O)c2ccc[nH]c2=O)CCO1. The number of H-pyrrole nitrogens is 1. The van der Waals surface area contributed by atoms with E-state index in [-0.39, 0.29) is 29.2 Å². The molecule has 0 saturated carbocycles. The highest BCUT2D eigenvalue weighted by Gasteiger charge is 2.28. The minimum Gasteiger partial charge on any atom is -0.373 e. The first-order chi connectivity index (χ1) is 8.59. The van der Waals surface area contributed by atoms with Gasteiger partial charge in [-0.1, -0.05) is 0 Å². The predicted octanol–water partition coefficient (Wildman–Crippen LogP) is -0.437. The first-order valence-electron chi connectivity index (χ1n) is 5.93. The van der Waals surface area contributed by atoms with Crippen LogP contribution < -0.4 is 11.3 Å². The minimum absolute atomic E-state index is 0.144. The van der Waals surface area contributed by atoms with Crippen molar-refractivity contribution in [2.24, 2.45) is 5.73 Å². The number of nitrogens with one attached hydrogen (secondary N) is 1. The quantitative estimate of drug-likeness (QED) is 0.746. The van der Waals surface area contributed by atoms with Gasteiger partial charge in [-0.05, 0) is 19.1 Å². The predicted molar refractivity (Wildman–Crippen MR) is 66.4 cm³/mol. The maximum absolute atomic E-state index is 12.2. The number of aromatic amines is 1. The van der Waals surface area contributed by atoms with Gasteiger partial charge in [0.1, 0.15) is 5.56 Å². The maximum Gasteiger partial charge on any atom is 0.260 e. The summed E-state index contributed by atoms with van der Waals surface area (Å²) in [7, 11) is 0. The third-order valence-corrected chi connectivity index (χ3v) is 3.02. The number of carbonyl (C=O) groups is 1. The molecule has 0 spiro atoms. The first-order valence-corrected chi connectivity index (χ1v) is 5.93. The normalized spacial score (nSPS) is 21.7. The molecule has 2 heterocycles. The molecule has 98 valence electrons. The second-order valence-corrected chi connectivity index (χ2v) is 4.43. The average Bonchev–Trinajstić information content (AvgIpc) is 2.38. The van der Waals surface area contributed by atoms with Crippen molar-refractivity contribution in [3.63, 3.8) is 0 Å². The number of carbonyl (C=O) groups excluding carboxylic acids is 1. The van der Waals surface area contributed by atoms with E-state index < -0.39 is 0 Å². The van der Waals surface area contributed by atoms with Gasteiger partial charge in [-0.25, -0.2) is 0 Å². The molecule has 0 bridgehead atoms. The van der Waals surface area contributed by atoms with Crippen LogP contribution in [-0.2, 0) is 4.74 Å². The molecule has 1 amide bonds. The summed E-state index contributed by atoms with van der Waals surface area (Å²) in [6.07, 6.45) is 1.33. The molecule has 18 heavy (non-hydrogen) atoms. The summed E-state index contributed by atoms with van der Waals surface area (Å²) in [5, 5.41) is 0. The molecule has 1 aromatic rings. The van der Waals surface area contributed by atoms with E-state index in [1.165, 1.54) is 12.3 Å². The molecule has 6 heteroatoms. The second kappa shape index (κ2) is 5.32. The van der Waals surface area contributed by atoms with Crippen LogP contribution in [0.25, 0.3) is 0 Å². The van der Waals surface area contributed by atoms with Crippen molar-refractivity contribution in [2.75, 3.05) is 19.7 Å². The van der Waals surface area contributed by atoms with Crippen molar-refractivity contribution in [3.8, 4) is 0 Å². The van der Waals surface area contributed by atoms with E-state index >= 15 is 0 Å². The number of rotatable bonds is 2. The molecule has 0 aliphatic carbocycles. The maximum atomic E-state index is 12.2. The van der Waals surface area contributed by atoms with E-state index in [4.69, 9.17) is 10.5 Å². The van der Waals surface area contributed by atoms with Crippen LogP contribution >= 0.6 is 0 Å². The fourth-order valence-corrected chi connectivity index (χ4v) is 1.94. The number of hydrogen-bond acceptors (Lipinski definition) is 4. The number of nitrogens with two attached hydrogens (primary N) is 1. The second-order valence-electron chi connectivity index (χ2n) is 4.43. The van der Waals surface area contributed by atoms with Crippen LogP contribution in [0.15, 0.2) is 23.1 Å². The number of ether oxygens (including phenoxy) is 1. The molecule has 1 aliphatic rings. The summed E-state index contributed by atoms with van der Waals surface area (Å²) >= 11 is 0. The van der Waals surface area contributed by atoms with Crippen molar-refractivity contribution in [1.82, 2.24) is 9.88 Å². The van der Waals surface area contributed by atoms with Gasteiger partial charge in [-0.3, -0.25) is 9.59 Å². The van der Waals surface area contributed by atoms with E-state index in [9.17, 15) is 9.59 Å². The molecule has 2 unspecified atom stereocenters. The van der Waals surface area contributed by atoms with Gasteiger partial charge < -0.3 is 20.4 Å². The average molecular weight is 251 g/mol. The van der Waals surface area contributed by atoms with Gasteiger partial charge in [0.2, 0.25) is 0 Å². The van der Waals surface area contributed by atoms with Gasteiger partial charge in [0.15, 0.2) is 0 Å². The monoisotopic (exact) mass is 251 g/mol. The fourth-order valence-electron chi connectivity index (χ4n) is 1.94. The van der Waals surface area contributed by atoms with Gasteiger partial charge in [-0.2, -0.15) is 0 Å². The molecule has 2 rings (SSSR count). The summed E-state index contributed by atoms with van der Waals surface area (Å²) < 4.78 is 5.48. The van der Waals surface area contributed by atoms with Gasteiger partial charge in [-0.15, -0.1) is 0 Å². The van der Waals surface area contributed by atoms with Gasteiger partial charge in [0.25, 0.3) is 11.5 Å². The summed E-state index contributed by atoms with van der Waals surface area (Å²) in [5.74, 6) is -0.272. The van der Waals surface area contributed by atoms with Crippen LogP contribution in [0.2, 0.25) is 0 Å². The van der Waals surface area contributed by atoms with Crippen LogP contribution in [0.3, 0.4) is 0 Å². The zero-order chi connectivity index (χ0) is 13.1. The Kier molecular flexibility index (Phi) is 3.78. The highest BCUT2D eigenvalue weighted by atomic mass is 16.5. The van der Waals surface area contributed by atoms with Crippen LogP contribution in [0.1, 0.15) is 17.3 Å². The lowest BCUT2D eigenvalue weighted by Crippen LogP contribution is -2.52. The number of pyridine rings is 1. The topological polar surface area (TPSA) is 88.4 Å². The van der Waals surface area contributed by atoms with Crippen molar-refractivity contribution >= 4 is 5.91 Å². The van der Waals surface area contributed by atoms with Gasteiger partial charge in [0.05, 0.1) is 12.7 Å². The number of amides is 1. The van der Waals surface area contributed by atoms with E-state index in [1.54, 1.807) is 11.0 Å². The molecular weight excluding hydrogens is 234 g/mol. The third kappa shape index (κ3) is 2.60. The number of aromatic nitrogens is 1. The zero-order valence-corrected chi connectivity index (χ0v) is 10.3. The Bertz CT molecular complexity index is 483. The van der Waals surface area contributed by atoms with Crippen molar-refractivity contribution in [2.45, 2.75) is 19.1 Å². The van der Waals surface area contributed by atoms with Crippen LogP contribution in [0, 0.1) is 0 Å². The van der Waals surface area contributed by atoms with Crippen LogP contribution in [0.5, 0.6) is 0 Å².